The van der Waals surface area contributed by atoms with Gasteiger partial charge in [0.15, 0.2) is 5.82 Å². The number of hydrogen-bond donors (Lipinski definition) is 3. The summed E-state index contributed by atoms with van der Waals surface area (Å²) in [7, 11) is 1.57. The number of nitrogens with zero attached hydrogens (tertiary/aromatic N) is 1. The molecule has 1 heterocycles. The lowest BCUT2D eigenvalue weighted by Crippen LogP contribution is -2.02. The molecule has 2 rings (SSSR count). The third-order valence-electron chi connectivity index (χ3n) is 2.54. The van der Waals surface area contributed by atoms with Crippen LogP contribution in [0.15, 0.2) is 36.4 Å². The van der Waals surface area contributed by atoms with Crippen molar-refractivity contribution in [3.05, 3.63) is 42.0 Å². The number of aromatic nitrogens is 1. The van der Waals surface area contributed by atoms with E-state index in [4.69, 9.17) is 16.2 Å². The Balaban J connectivity index is 2.27. The lowest BCUT2D eigenvalue weighted by Gasteiger charge is -2.10. The van der Waals surface area contributed by atoms with Gasteiger partial charge >= 0.3 is 0 Å². The second kappa shape index (κ2) is 5.37. The summed E-state index contributed by atoms with van der Waals surface area (Å²) < 4.78 is 5.07. The summed E-state index contributed by atoms with van der Waals surface area (Å²) in [5, 5.41) is 3.15. The summed E-state index contributed by atoms with van der Waals surface area (Å²) in [5.74, 6) is 1.09. The lowest BCUT2D eigenvalue weighted by molar-refractivity contribution is 0.398. The minimum absolute atomic E-state index is 0.497. The van der Waals surface area contributed by atoms with E-state index >= 15 is 0 Å². The van der Waals surface area contributed by atoms with Crippen LogP contribution in [0.25, 0.3) is 0 Å². The van der Waals surface area contributed by atoms with Crippen molar-refractivity contribution in [2.45, 2.75) is 6.54 Å². The maximum Gasteiger partial charge on any atom is 0.215 e. The number of methoxy groups -OCH3 is 1. The molecule has 0 fully saturated rings. The van der Waals surface area contributed by atoms with Crippen molar-refractivity contribution >= 4 is 17.2 Å². The van der Waals surface area contributed by atoms with E-state index in [-0.39, 0.29) is 0 Å². The molecule has 0 bridgehead atoms. The Labute approximate surface area is 106 Å². The van der Waals surface area contributed by atoms with Crippen molar-refractivity contribution in [3.8, 4) is 5.88 Å². The van der Waals surface area contributed by atoms with Crippen LogP contribution in [0.3, 0.4) is 0 Å². The van der Waals surface area contributed by atoms with Gasteiger partial charge < -0.3 is 21.5 Å². The monoisotopic (exact) mass is 244 g/mol. The highest BCUT2D eigenvalue weighted by Gasteiger charge is 2.04. The first-order valence-electron chi connectivity index (χ1n) is 5.59. The van der Waals surface area contributed by atoms with Crippen molar-refractivity contribution in [1.82, 2.24) is 4.98 Å². The molecule has 0 radical (unpaired) electrons. The SMILES string of the molecule is COc1ccc(N)c(Nc2cccc(CN)c2)n1. The fourth-order valence-corrected chi connectivity index (χ4v) is 1.58. The molecular formula is C13H16N4O. The molecule has 0 aliphatic carbocycles. The van der Waals surface area contributed by atoms with E-state index in [1.54, 1.807) is 19.2 Å². The number of nitrogen functional groups attached to an aromatic ring is 1. The van der Waals surface area contributed by atoms with E-state index in [2.05, 4.69) is 10.3 Å². The Hall–Kier alpha value is -2.27. The van der Waals surface area contributed by atoms with E-state index in [1.165, 1.54) is 0 Å². The van der Waals surface area contributed by atoms with Gasteiger partial charge in [0.05, 0.1) is 12.8 Å². The van der Waals surface area contributed by atoms with Crippen LogP contribution in [-0.2, 0) is 6.54 Å². The molecule has 0 atom stereocenters. The topological polar surface area (TPSA) is 86.2 Å². The highest BCUT2D eigenvalue weighted by atomic mass is 16.5. The summed E-state index contributed by atoms with van der Waals surface area (Å²) in [6.07, 6.45) is 0. The Kier molecular flexibility index (Phi) is 3.64. The number of benzene rings is 1. The number of anilines is 3. The summed E-state index contributed by atoms with van der Waals surface area (Å²) in [6.45, 7) is 0.497. The second-order valence-corrected chi connectivity index (χ2v) is 3.82. The van der Waals surface area contributed by atoms with Crippen LogP contribution in [0.4, 0.5) is 17.2 Å². The molecule has 5 heteroatoms. The molecule has 0 aliphatic rings. The maximum atomic E-state index is 5.86. The number of rotatable bonds is 4. The predicted molar refractivity (Wildman–Crippen MR) is 72.8 cm³/mol. The quantitative estimate of drug-likeness (QED) is 0.764. The van der Waals surface area contributed by atoms with E-state index < -0.39 is 0 Å². The third kappa shape index (κ3) is 2.70. The first-order chi connectivity index (χ1) is 8.72. The third-order valence-corrected chi connectivity index (χ3v) is 2.54. The van der Waals surface area contributed by atoms with Crippen LogP contribution < -0.4 is 21.5 Å². The number of nitrogens with two attached hydrogens (primary N) is 2. The average Bonchev–Trinajstić information content (AvgIpc) is 2.41. The molecule has 5 nitrogen and oxygen atoms in total. The average molecular weight is 244 g/mol. The Morgan fingerprint density at radius 2 is 2.11 bits per heavy atom. The van der Waals surface area contributed by atoms with Gasteiger partial charge in [0.2, 0.25) is 5.88 Å². The molecule has 94 valence electrons. The van der Waals surface area contributed by atoms with Gasteiger partial charge in [0, 0.05) is 18.3 Å². The first kappa shape index (κ1) is 12.2. The van der Waals surface area contributed by atoms with Crippen molar-refractivity contribution in [2.24, 2.45) is 5.73 Å². The minimum Gasteiger partial charge on any atom is -0.481 e. The fraction of sp³-hybridized carbons (Fsp3) is 0.154. The van der Waals surface area contributed by atoms with Crippen molar-refractivity contribution < 1.29 is 4.74 Å². The summed E-state index contributed by atoms with van der Waals surface area (Å²) >= 11 is 0. The first-order valence-corrected chi connectivity index (χ1v) is 5.59. The minimum atomic E-state index is 0.497. The Bertz CT molecular complexity index is 542. The molecule has 0 aliphatic heterocycles. The number of nitrogens with one attached hydrogen (secondary N) is 1. The summed E-state index contributed by atoms with van der Waals surface area (Å²) in [6, 6.07) is 11.3. The van der Waals surface area contributed by atoms with Gasteiger partial charge in [-0.25, -0.2) is 0 Å². The Morgan fingerprint density at radius 3 is 2.83 bits per heavy atom. The highest BCUT2D eigenvalue weighted by molar-refractivity contribution is 5.69. The zero-order chi connectivity index (χ0) is 13.0. The molecular weight excluding hydrogens is 228 g/mol. The van der Waals surface area contributed by atoms with Gasteiger partial charge in [-0.15, -0.1) is 0 Å². The standard InChI is InChI=1S/C13H16N4O/c1-18-12-6-5-11(15)13(17-12)16-10-4-2-3-9(7-10)8-14/h2-7H,8,14-15H2,1H3,(H,16,17). The molecule has 1 aromatic heterocycles. The molecule has 0 saturated carbocycles. The van der Waals surface area contributed by atoms with Crippen LogP contribution in [0.1, 0.15) is 5.56 Å². The summed E-state index contributed by atoms with van der Waals surface area (Å²) in [5.41, 5.74) is 14.0. The van der Waals surface area contributed by atoms with E-state index in [0.29, 0.717) is 23.9 Å². The molecule has 5 N–H and O–H groups in total. The van der Waals surface area contributed by atoms with Gasteiger partial charge in [-0.3, -0.25) is 0 Å². The smallest absolute Gasteiger partial charge is 0.215 e. The Morgan fingerprint density at radius 1 is 1.28 bits per heavy atom. The van der Waals surface area contributed by atoms with E-state index in [1.807, 2.05) is 24.3 Å². The molecule has 2 aromatic rings. The number of hydrogen-bond acceptors (Lipinski definition) is 5. The van der Waals surface area contributed by atoms with Gasteiger partial charge in [0.1, 0.15) is 0 Å². The highest BCUT2D eigenvalue weighted by Crippen LogP contribution is 2.24. The molecule has 0 saturated heterocycles. The van der Waals surface area contributed by atoms with Gasteiger partial charge in [0.25, 0.3) is 0 Å². The molecule has 1 aromatic carbocycles. The molecule has 0 unspecified atom stereocenters. The second-order valence-electron chi connectivity index (χ2n) is 3.82. The van der Waals surface area contributed by atoms with Crippen LogP contribution in [0.5, 0.6) is 5.88 Å². The van der Waals surface area contributed by atoms with E-state index in [9.17, 15) is 0 Å². The van der Waals surface area contributed by atoms with Crippen molar-refractivity contribution in [1.29, 1.82) is 0 Å². The van der Waals surface area contributed by atoms with Crippen LogP contribution in [-0.4, -0.2) is 12.1 Å². The zero-order valence-corrected chi connectivity index (χ0v) is 10.2. The van der Waals surface area contributed by atoms with Crippen LogP contribution in [0.2, 0.25) is 0 Å². The normalized spacial score (nSPS) is 10.1. The largest absolute Gasteiger partial charge is 0.481 e. The van der Waals surface area contributed by atoms with Crippen LogP contribution >= 0.6 is 0 Å². The maximum absolute atomic E-state index is 5.86. The van der Waals surface area contributed by atoms with Gasteiger partial charge in [-0.05, 0) is 23.8 Å². The van der Waals surface area contributed by atoms with Crippen molar-refractivity contribution in [3.63, 3.8) is 0 Å². The number of ether oxygens (including phenoxy) is 1. The molecule has 0 amide bonds. The van der Waals surface area contributed by atoms with Gasteiger partial charge in [-0.1, -0.05) is 12.1 Å². The molecule has 18 heavy (non-hydrogen) atoms. The number of pyridine rings is 1. The lowest BCUT2D eigenvalue weighted by atomic mass is 10.2. The van der Waals surface area contributed by atoms with Crippen molar-refractivity contribution in [2.75, 3.05) is 18.2 Å². The fourth-order valence-electron chi connectivity index (χ4n) is 1.58. The van der Waals surface area contributed by atoms with E-state index in [0.717, 1.165) is 11.3 Å². The van der Waals surface area contributed by atoms with Gasteiger partial charge in [-0.2, -0.15) is 4.98 Å². The molecule has 0 spiro atoms. The predicted octanol–water partition coefficient (Wildman–Crippen LogP) is 1.87. The summed E-state index contributed by atoms with van der Waals surface area (Å²) in [4.78, 5) is 4.25. The van der Waals surface area contributed by atoms with Crippen LogP contribution in [0, 0.1) is 0 Å². The zero-order valence-electron chi connectivity index (χ0n) is 10.2.